The average molecular weight is 366 g/mol. The van der Waals surface area contributed by atoms with E-state index in [1.54, 1.807) is 67.3 Å². The molecule has 2 aromatic carbocycles. The van der Waals surface area contributed by atoms with Gasteiger partial charge in [0.05, 0.1) is 4.92 Å². The van der Waals surface area contributed by atoms with E-state index in [9.17, 15) is 14.9 Å². The quantitative estimate of drug-likeness (QED) is 0.532. The van der Waals surface area contributed by atoms with Gasteiger partial charge in [0.1, 0.15) is 6.61 Å². The number of aromatic nitrogens is 2. The van der Waals surface area contributed by atoms with Crippen LogP contribution in [0.1, 0.15) is 21.5 Å². The van der Waals surface area contributed by atoms with Crippen molar-refractivity contribution in [1.82, 2.24) is 9.78 Å². The summed E-state index contributed by atoms with van der Waals surface area (Å²) in [6.45, 7) is 1.88. The molecule has 0 radical (unpaired) electrons. The van der Waals surface area contributed by atoms with Gasteiger partial charge in [-0.15, -0.1) is 0 Å². The second-order valence-electron chi connectivity index (χ2n) is 6.05. The van der Waals surface area contributed by atoms with Gasteiger partial charge < -0.3 is 10.1 Å². The highest BCUT2D eigenvalue weighted by molar-refractivity contribution is 6.03. The number of anilines is 1. The first kappa shape index (κ1) is 18.1. The Hall–Kier alpha value is -3.68. The van der Waals surface area contributed by atoms with E-state index in [4.69, 9.17) is 4.74 Å². The number of benzene rings is 2. The van der Waals surface area contributed by atoms with Gasteiger partial charge in [0.25, 0.3) is 5.91 Å². The van der Waals surface area contributed by atoms with Crippen molar-refractivity contribution in [2.75, 3.05) is 5.32 Å². The lowest BCUT2D eigenvalue weighted by Gasteiger charge is -2.09. The van der Waals surface area contributed by atoms with Crippen LogP contribution in [-0.2, 0) is 13.7 Å². The van der Waals surface area contributed by atoms with E-state index in [1.807, 2.05) is 0 Å². The minimum absolute atomic E-state index is 0.0842. The van der Waals surface area contributed by atoms with Crippen LogP contribution in [0.4, 0.5) is 11.5 Å². The topological polar surface area (TPSA) is 99.3 Å². The molecule has 1 amide bonds. The molecule has 0 saturated carbocycles. The monoisotopic (exact) mass is 366 g/mol. The number of hydrogen-bond donors (Lipinski definition) is 1. The fourth-order valence-corrected chi connectivity index (χ4v) is 2.53. The molecule has 0 atom stereocenters. The predicted molar refractivity (Wildman–Crippen MR) is 99.8 cm³/mol. The Bertz CT molecular complexity index is 997. The molecule has 0 spiro atoms. The van der Waals surface area contributed by atoms with Gasteiger partial charge in [-0.1, -0.05) is 18.2 Å². The van der Waals surface area contributed by atoms with Crippen molar-refractivity contribution in [2.45, 2.75) is 13.5 Å². The molecule has 8 nitrogen and oxygen atoms in total. The number of nitro groups is 1. The van der Waals surface area contributed by atoms with Crippen molar-refractivity contribution in [1.29, 1.82) is 0 Å². The fraction of sp³-hybridized carbons (Fsp3) is 0.158. The van der Waals surface area contributed by atoms with E-state index >= 15 is 0 Å². The fourth-order valence-electron chi connectivity index (χ4n) is 2.53. The van der Waals surface area contributed by atoms with E-state index in [1.165, 1.54) is 6.07 Å². The number of carbonyl (C=O) groups excluding carboxylic acids is 1. The van der Waals surface area contributed by atoms with Crippen LogP contribution in [0.25, 0.3) is 0 Å². The standard InChI is InChI=1S/C19H18N4O4/c1-13-6-7-17(16(10-13)23(25)26)27-12-14-4-3-5-15(11-14)19(24)20-18-8-9-22(2)21-18/h3-11H,12H2,1-2H3,(H,20,21,24). The summed E-state index contributed by atoms with van der Waals surface area (Å²) in [7, 11) is 1.76. The summed E-state index contributed by atoms with van der Waals surface area (Å²) in [6, 6.07) is 13.4. The summed E-state index contributed by atoms with van der Waals surface area (Å²) in [5.41, 5.74) is 1.86. The lowest BCUT2D eigenvalue weighted by atomic mass is 10.1. The van der Waals surface area contributed by atoms with Crippen molar-refractivity contribution in [3.05, 3.63) is 81.5 Å². The molecule has 0 aliphatic rings. The Morgan fingerprint density at radius 3 is 2.78 bits per heavy atom. The van der Waals surface area contributed by atoms with E-state index in [0.29, 0.717) is 11.4 Å². The van der Waals surface area contributed by atoms with E-state index in [0.717, 1.165) is 11.1 Å². The normalized spacial score (nSPS) is 10.4. The first-order valence-electron chi connectivity index (χ1n) is 8.20. The lowest BCUT2D eigenvalue weighted by Crippen LogP contribution is -2.13. The van der Waals surface area contributed by atoms with Crippen LogP contribution >= 0.6 is 0 Å². The number of ether oxygens (including phenoxy) is 1. The smallest absolute Gasteiger partial charge is 0.311 e. The van der Waals surface area contributed by atoms with Crippen LogP contribution in [0.15, 0.2) is 54.7 Å². The van der Waals surface area contributed by atoms with Crippen molar-refractivity contribution in [3.8, 4) is 5.75 Å². The molecular weight excluding hydrogens is 348 g/mol. The average Bonchev–Trinajstić information content (AvgIpc) is 3.05. The lowest BCUT2D eigenvalue weighted by molar-refractivity contribution is -0.386. The largest absolute Gasteiger partial charge is 0.482 e. The zero-order valence-electron chi connectivity index (χ0n) is 14.9. The van der Waals surface area contributed by atoms with Crippen LogP contribution in [0.5, 0.6) is 5.75 Å². The predicted octanol–water partition coefficient (Wildman–Crippen LogP) is 3.47. The SMILES string of the molecule is Cc1ccc(OCc2cccc(C(=O)Nc3ccn(C)n3)c2)c([N+](=O)[O-])c1. The van der Waals surface area contributed by atoms with Crippen LogP contribution in [0, 0.1) is 17.0 Å². The molecule has 3 rings (SSSR count). The molecule has 27 heavy (non-hydrogen) atoms. The van der Waals surface area contributed by atoms with Gasteiger partial charge >= 0.3 is 5.69 Å². The van der Waals surface area contributed by atoms with Gasteiger partial charge in [0.2, 0.25) is 0 Å². The number of amides is 1. The Morgan fingerprint density at radius 2 is 2.07 bits per heavy atom. The third-order valence-corrected chi connectivity index (χ3v) is 3.85. The van der Waals surface area contributed by atoms with Gasteiger partial charge in [0, 0.05) is 30.9 Å². The first-order valence-corrected chi connectivity index (χ1v) is 8.20. The highest BCUT2D eigenvalue weighted by Crippen LogP contribution is 2.28. The van der Waals surface area contributed by atoms with Crippen LogP contribution < -0.4 is 10.1 Å². The molecule has 8 heteroatoms. The van der Waals surface area contributed by atoms with Crippen LogP contribution in [0.2, 0.25) is 0 Å². The van der Waals surface area contributed by atoms with Gasteiger partial charge in [-0.3, -0.25) is 19.6 Å². The number of nitro benzene ring substituents is 1. The first-order chi connectivity index (χ1) is 12.9. The molecule has 0 aliphatic carbocycles. The molecule has 1 heterocycles. The van der Waals surface area contributed by atoms with Gasteiger partial charge in [-0.05, 0) is 36.2 Å². The Labute approximate surface area is 155 Å². The number of hydrogen-bond acceptors (Lipinski definition) is 5. The summed E-state index contributed by atoms with van der Waals surface area (Å²) in [5, 5.41) is 18.0. The van der Waals surface area contributed by atoms with Crippen molar-refractivity contribution in [2.24, 2.45) is 7.05 Å². The summed E-state index contributed by atoms with van der Waals surface area (Å²) in [4.78, 5) is 23.0. The molecule has 1 N–H and O–H groups in total. The molecule has 0 aliphatic heterocycles. The Balaban J connectivity index is 1.71. The summed E-state index contributed by atoms with van der Waals surface area (Å²) < 4.78 is 7.20. The number of rotatable bonds is 6. The summed E-state index contributed by atoms with van der Waals surface area (Å²) in [5.74, 6) is 0.352. The minimum Gasteiger partial charge on any atom is -0.482 e. The van der Waals surface area contributed by atoms with E-state index in [-0.39, 0.29) is 24.0 Å². The maximum Gasteiger partial charge on any atom is 0.311 e. The van der Waals surface area contributed by atoms with Gasteiger partial charge in [-0.2, -0.15) is 5.10 Å². The second-order valence-corrected chi connectivity index (χ2v) is 6.05. The zero-order chi connectivity index (χ0) is 19.4. The molecule has 0 saturated heterocycles. The molecule has 3 aromatic rings. The minimum atomic E-state index is -0.473. The third kappa shape index (κ3) is 4.49. The van der Waals surface area contributed by atoms with E-state index < -0.39 is 4.92 Å². The van der Waals surface area contributed by atoms with Gasteiger partial charge in [0.15, 0.2) is 11.6 Å². The maximum absolute atomic E-state index is 12.3. The molecule has 1 aromatic heterocycles. The Kier molecular flexibility index (Phi) is 5.16. The highest BCUT2D eigenvalue weighted by Gasteiger charge is 2.15. The summed E-state index contributed by atoms with van der Waals surface area (Å²) >= 11 is 0. The summed E-state index contributed by atoms with van der Waals surface area (Å²) in [6.07, 6.45) is 1.73. The molecular formula is C19H18N4O4. The Morgan fingerprint density at radius 1 is 1.26 bits per heavy atom. The number of carbonyl (C=O) groups is 1. The number of aryl methyl sites for hydroxylation is 2. The second kappa shape index (κ2) is 7.69. The molecule has 0 bridgehead atoms. The number of nitrogens with zero attached hydrogens (tertiary/aromatic N) is 3. The number of nitrogens with one attached hydrogen (secondary N) is 1. The molecule has 0 fully saturated rings. The van der Waals surface area contributed by atoms with Crippen molar-refractivity contribution >= 4 is 17.4 Å². The third-order valence-electron chi connectivity index (χ3n) is 3.85. The molecule has 138 valence electrons. The highest BCUT2D eigenvalue weighted by atomic mass is 16.6. The van der Waals surface area contributed by atoms with Crippen molar-refractivity contribution in [3.63, 3.8) is 0 Å². The van der Waals surface area contributed by atoms with Crippen LogP contribution in [-0.4, -0.2) is 20.6 Å². The zero-order valence-corrected chi connectivity index (χ0v) is 14.9. The molecule has 0 unspecified atom stereocenters. The van der Waals surface area contributed by atoms with Crippen molar-refractivity contribution < 1.29 is 14.5 Å². The van der Waals surface area contributed by atoms with Crippen LogP contribution in [0.3, 0.4) is 0 Å². The van der Waals surface area contributed by atoms with Gasteiger partial charge in [-0.25, -0.2) is 0 Å². The van der Waals surface area contributed by atoms with E-state index in [2.05, 4.69) is 10.4 Å². The maximum atomic E-state index is 12.3.